The third-order valence-electron chi connectivity index (χ3n) is 8.35. The lowest BCUT2D eigenvalue weighted by Gasteiger charge is -2.35. The van der Waals surface area contributed by atoms with Crippen molar-refractivity contribution in [3.05, 3.63) is 35.9 Å². The maximum atomic E-state index is 11.9. The SMILES string of the molecule is CCC(CCCCCCCCC(O)CN1CCN(C(=O)O)CCN(C(=O)O)CC(C)N(C(=O)O)CC1)OCc1ccccc1. The summed E-state index contributed by atoms with van der Waals surface area (Å²) in [4.78, 5) is 40.7. The number of aliphatic hydroxyl groups excluding tert-OH is 1. The molecule has 44 heavy (non-hydrogen) atoms. The Kier molecular flexibility index (Phi) is 17.5. The Bertz CT molecular complexity index is 969. The van der Waals surface area contributed by atoms with E-state index in [4.69, 9.17) is 4.74 Å². The van der Waals surface area contributed by atoms with Gasteiger partial charge in [-0.3, -0.25) is 4.90 Å². The first kappa shape index (κ1) is 37.1. The molecule has 0 bridgehead atoms. The normalized spacial score (nSPS) is 18.7. The molecule has 250 valence electrons. The number of hydrogen-bond donors (Lipinski definition) is 4. The van der Waals surface area contributed by atoms with E-state index in [2.05, 4.69) is 19.1 Å². The van der Waals surface area contributed by atoms with Gasteiger partial charge in [0.1, 0.15) is 0 Å². The molecule has 1 aromatic carbocycles. The average Bonchev–Trinajstić information content (AvgIpc) is 2.98. The lowest BCUT2D eigenvalue weighted by Crippen LogP contribution is -2.52. The number of benzene rings is 1. The summed E-state index contributed by atoms with van der Waals surface area (Å²) in [5.74, 6) is 0. The van der Waals surface area contributed by atoms with E-state index in [0.717, 1.165) is 56.3 Å². The van der Waals surface area contributed by atoms with E-state index < -0.39 is 30.4 Å². The number of hydrogen-bond acceptors (Lipinski definition) is 6. The molecule has 0 aromatic heterocycles. The number of aliphatic hydroxyl groups is 1. The molecule has 1 saturated heterocycles. The Morgan fingerprint density at radius 1 is 0.795 bits per heavy atom. The van der Waals surface area contributed by atoms with Gasteiger partial charge in [-0.2, -0.15) is 0 Å². The smallest absolute Gasteiger partial charge is 0.407 e. The van der Waals surface area contributed by atoms with Gasteiger partial charge in [0, 0.05) is 58.4 Å². The molecular weight excluding hydrogens is 568 g/mol. The number of unbranched alkanes of at least 4 members (excludes halogenated alkanes) is 5. The fraction of sp³-hybridized carbons (Fsp3) is 0.719. The molecule has 12 heteroatoms. The molecule has 0 radical (unpaired) electrons. The number of ether oxygens (including phenoxy) is 1. The lowest BCUT2D eigenvalue weighted by atomic mass is 10.0. The maximum Gasteiger partial charge on any atom is 0.407 e. The fourth-order valence-electron chi connectivity index (χ4n) is 5.58. The van der Waals surface area contributed by atoms with Gasteiger partial charge < -0.3 is 39.9 Å². The van der Waals surface area contributed by atoms with Crippen LogP contribution in [0.2, 0.25) is 0 Å². The minimum atomic E-state index is -1.22. The van der Waals surface area contributed by atoms with Crippen molar-refractivity contribution in [2.75, 3.05) is 52.4 Å². The number of carbonyl (C=O) groups is 3. The Balaban J connectivity index is 1.73. The van der Waals surface area contributed by atoms with Crippen LogP contribution in [0.5, 0.6) is 0 Å². The van der Waals surface area contributed by atoms with Crippen molar-refractivity contribution in [2.24, 2.45) is 0 Å². The van der Waals surface area contributed by atoms with Gasteiger partial charge in [-0.1, -0.05) is 75.8 Å². The molecule has 3 unspecified atom stereocenters. The summed E-state index contributed by atoms with van der Waals surface area (Å²) in [5, 5.41) is 39.7. The molecule has 1 fully saturated rings. The lowest BCUT2D eigenvalue weighted by molar-refractivity contribution is 0.0309. The van der Waals surface area contributed by atoms with Gasteiger partial charge >= 0.3 is 18.3 Å². The Labute approximate surface area is 262 Å². The first-order chi connectivity index (χ1) is 21.1. The Morgan fingerprint density at radius 3 is 1.98 bits per heavy atom. The van der Waals surface area contributed by atoms with Gasteiger partial charge in [-0.25, -0.2) is 14.4 Å². The highest BCUT2D eigenvalue weighted by Gasteiger charge is 2.27. The van der Waals surface area contributed by atoms with Crippen LogP contribution in [0.3, 0.4) is 0 Å². The van der Waals surface area contributed by atoms with Crippen LogP contribution in [0, 0.1) is 0 Å². The molecule has 2 rings (SSSR count). The van der Waals surface area contributed by atoms with E-state index in [1.165, 1.54) is 15.4 Å². The van der Waals surface area contributed by atoms with Crippen LogP contribution in [-0.4, -0.2) is 129 Å². The highest BCUT2D eigenvalue weighted by molar-refractivity contribution is 5.67. The molecule has 1 heterocycles. The molecule has 0 spiro atoms. The highest BCUT2D eigenvalue weighted by Crippen LogP contribution is 2.16. The molecule has 0 aliphatic carbocycles. The summed E-state index contributed by atoms with van der Waals surface area (Å²) in [6.45, 7) is 5.53. The van der Waals surface area contributed by atoms with Crippen LogP contribution in [-0.2, 0) is 11.3 Å². The highest BCUT2D eigenvalue weighted by atomic mass is 16.5. The number of β-amino-alcohol motifs (C(OH)–C–C–N with tert-alkyl or cyclic N) is 1. The summed E-state index contributed by atoms with van der Waals surface area (Å²) >= 11 is 0. The van der Waals surface area contributed by atoms with E-state index in [0.29, 0.717) is 32.7 Å². The average molecular weight is 623 g/mol. The van der Waals surface area contributed by atoms with Crippen molar-refractivity contribution in [3.63, 3.8) is 0 Å². The van der Waals surface area contributed by atoms with Crippen LogP contribution in [0.1, 0.15) is 77.2 Å². The molecule has 1 aliphatic rings. The van der Waals surface area contributed by atoms with Crippen LogP contribution >= 0.6 is 0 Å². The molecule has 1 aromatic rings. The first-order valence-electron chi connectivity index (χ1n) is 16.1. The Morgan fingerprint density at radius 2 is 1.36 bits per heavy atom. The number of nitrogens with zero attached hydrogens (tertiary/aromatic N) is 4. The minimum Gasteiger partial charge on any atom is -0.465 e. The molecule has 3 atom stereocenters. The number of carboxylic acid groups (broad SMARTS) is 3. The van der Waals surface area contributed by atoms with E-state index in [1.807, 2.05) is 23.1 Å². The van der Waals surface area contributed by atoms with Crippen molar-refractivity contribution in [1.29, 1.82) is 0 Å². The standard InChI is InChI=1S/C32H54N4O8/c1-3-29(44-25-27-13-9-8-10-14-27)16-12-7-5-4-6-11-15-28(37)24-33-17-19-34(30(38)39)20-21-35(31(40)41)23-26(2)36(22-18-33)32(42)43/h8-10,13-14,26,28-29,37H,3-7,11-12,15-25H2,1-2H3,(H,38,39)(H,40,41)(H,42,43). The second-order valence-electron chi connectivity index (χ2n) is 11.8. The van der Waals surface area contributed by atoms with E-state index in [9.17, 15) is 34.8 Å². The summed E-state index contributed by atoms with van der Waals surface area (Å²) in [7, 11) is 0. The van der Waals surface area contributed by atoms with Gasteiger partial charge in [-0.05, 0) is 31.7 Å². The summed E-state index contributed by atoms with van der Waals surface area (Å²) < 4.78 is 6.09. The summed E-state index contributed by atoms with van der Waals surface area (Å²) in [5.41, 5.74) is 1.20. The minimum absolute atomic E-state index is 0.0162. The monoisotopic (exact) mass is 622 g/mol. The van der Waals surface area contributed by atoms with Gasteiger partial charge in [0.2, 0.25) is 0 Å². The quantitative estimate of drug-likeness (QED) is 0.195. The molecule has 4 N–H and O–H groups in total. The van der Waals surface area contributed by atoms with Crippen molar-refractivity contribution in [3.8, 4) is 0 Å². The van der Waals surface area contributed by atoms with Crippen molar-refractivity contribution in [1.82, 2.24) is 19.6 Å². The summed E-state index contributed by atoms with van der Waals surface area (Å²) in [6.07, 6.45) is 5.32. The largest absolute Gasteiger partial charge is 0.465 e. The molecule has 0 saturated carbocycles. The Hall–Kier alpha value is -3.09. The van der Waals surface area contributed by atoms with Crippen molar-refractivity contribution in [2.45, 2.75) is 96.5 Å². The van der Waals surface area contributed by atoms with Gasteiger partial charge in [0.15, 0.2) is 0 Å². The molecule has 12 nitrogen and oxygen atoms in total. The van der Waals surface area contributed by atoms with Crippen LogP contribution in [0.15, 0.2) is 30.3 Å². The number of amides is 3. The predicted octanol–water partition coefficient (Wildman–Crippen LogP) is 5.11. The first-order valence-corrected chi connectivity index (χ1v) is 16.1. The molecular formula is C32H54N4O8. The second kappa shape index (κ2) is 20.8. The predicted molar refractivity (Wildman–Crippen MR) is 168 cm³/mol. The second-order valence-corrected chi connectivity index (χ2v) is 11.8. The van der Waals surface area contributed by atoms with Gasteiger partial charge in [0.05, 0.1) is 18.8 Å². The number of rotatable bonds is 15. The zero-order valence-electron chi connectivity index (χ0n) is 26.6. The van der Waals surface area contributed by atoms with Crippen molar-refractivity contribution < 1.29 is 39.5 Å². The third kappa shape index (κ3) is 14.6. The fourth-order valence-corrected chi connectivity index (χ4v) is 5.58. The van der Waals surface area contributed by atoms with Gasteiger partial charge in [0.25, 0.3) is 0 Å². The maximum absolute atomic E-state index is 11.9. The van der Waals surface area contributed by atoms with E-state index >= 15 is 0 Å². The zero-order chi connectivity index (χ0) is 32.3. The van der Waals surface area contributed by atoms with Crippen LogP contribution in [0.25, 0.3) is 0 Å². The zero-order valence-corrected chi connectivity index (χ0v) is 26.6. The molecule has 3 amide bonds. The van der Waals surface area contributed by atoms with Gasteiger partial charge in [-0.15, -0.1) is 0 Å². The topological polar surface area (TPSA) is 154 Å². The van der Waals surface area contributed by atoms with E-state index in [1.54, 1.807) is 6.92 Å². The van der Waals surface area contributed by atoms with Crippen LogP contribution < -0.4 is 0 Å². The third-order valence-corrected chi connectivity index (χ3v) is 8.35. The summed E-state index contributed by atoms with van der Waals surface area (Å²) in [6, 6.07) is 9.63. The van der Waals surface area contributed by atoms with Crippen LogP contribution in [0.4, 0.5) is 14.4 Å². The molecule has 1 aliphatic heterocycles. The van der Waals surface area contributed by atoms with Crippen molar-refractivity contribution >= 4 is 18.3 Å². The van der Waals surface area contributed by atoms with E-state index in [-0.39, 0.29) is 38.8 Å².